The SMILES string of the molecule is Cc1cccc2c3c([nH]c12)CC1(c2cccc(O)c2)CCN(C)CC1C3. The van der Waals surface area contributed by atoms with Crippen molar-refractivity contribution in [1.29, 1.82) is 0 Å². The molecule has 3 heteroatoms. The monoisotopic (exact) mass is 346 g/mol. The number of nitrogens with one attached hydrogen (secondary N) is 1. The van der Waals surface area contributed by atoms with E-state index in [4.69, 9.17) is 0 Å². The first-order valence-electron chi connectivity index (χ1n) is 9.64. The highest BCUT2D eigenvalue weighted by molar-refractivity contribution is 5.87. The topological polar surface area (TPSA) is 39.3 Å². The Bertz CT molecular complexity index is 989. The van der Waals surface area contributed by atoms with Crippen LogP contribution in [0.4, 0.5) is 0 Å². The lowest BCUT2D eigenvalue weighted by atomic mass is 9.59. The molecule has 2 N–H and O–H groups in total. The van der Waals surface area contributed by atoms with Crippen LogP contribution < -0.4 is 0 Å². The molecule has 26 heavy (non-hydrogen) atoms. The maximum absolute atomic E-state index is 10.1. The molecule has 0 saturated carbocycles. The van der Waals surface area contributed by atoms with E-state index in [1.165, 1.54) is 33.3 Å². The van der Waals surface area contributed by atoms with Crippen LogP contribution in [0, 0.1) is 12.8 Å². The minimum Gasteiger partial charge on any atom is -0.508 e. The molecule has 0 spiro atoms. The van der Waals surface area contributed by atoms with Gasteiger partial charge in [0.2, 0.25) is 0 Å². The third-order valence-electron chi connectivity index (χ3n) is 6.86. The fourth-order valence-electron chi connectivity index (χ4n) is 5.45. The average molecular weight is 346 g/mol. The van der Waals surface area contributed by atoms with E-state index in [2.05, 4.69) is 48.1 Å². The van der Waals surface area contributed by atoms with Crippen LogP contribution in [0.15, 0.2) is 42.5 Å². The Morgan fingerprint density at radius 2 is 2.04 bits per heavy atom. The third kappa shape index (κ3) is 2.23. The van der Waals surface area contributed by atoms with Crippen LogP contribution in [0.25, 0.3) is 10.9 Å². The number of H-pyrrole nitrogens is 1. The molecule has 1 aliphatic carbocycles. The molecule has 0 amide bonds. The van der Waals surface area contributed by atoms with Gasteiger partial charge in [0.1, 0.15) is 5.75 Å². The van der Waals surface area contributed by atoms with Gasteiger partial charge in [-0.25, -0.2) is 0 Å². The van der Waals surface area contributed by atoms with E-state index in [1.54, 1.807) is 6.07 Å². The Morgan fingerprint density at radius 3 is 2.88 bits per heavy atom. The number of aromatic hydroxyl groups is 1. The number of phenolic OH excluding ortho intramolecular Hbond substituents is 1. The fourth-order valence-corrected chi connectivity index (χ4v) is 5.45. The predicted molar refractivity (Wildman–Crippen MR) is 106 cm³/mol. The van der Waals surface area contributed by atoms with Crippen molar-refractivity contribution in [2.45, 2.75) is 31.6 Å². The first kappa shape index (κ1) is 16.0. The van der Waals surface area contributed by atoms with Gasteiger partial charge < -0.3 is 15.0 Å². The van der Waals surface area contributed by atoms with Gasteiger partial charge in [0.25, 0.3) is 0 Å². The summed E-state index contributed by atoms with van der Waals surface area (Å²) in [5.74, 6) is 0.961. The lowest BCUT2D eigenvalue weighted by Gasteiger charge is -2.50. The minimum atomic E-state index is 0.118. The minimum absolute atomic E-state index is 0.118. The van der Waals surface area contributed by atoms with Crippen LogP contribution in [-0.2, 0) is 18.3 Å². The number of phenols is 1. The number of para-hydroxylation sites is 1. The van der Waals surface area contributed by atoms with Gasteiger partial charge in [-0.15, -0.1) is 0 Å². The Hall–Kier alpha value is -2.26. The molecule has 5 rings (SSSR count). The van der Waals surface area contributed by atoms with Gasteiger partial charge in [-0.2, -0.15) is 0 Å². The highest BCUT2D eigenvalue weighted by Gasteiger charge is 2.47. The van der Waals surface area contributed by atoms with Crippen molar-refractivity contribution in [1.82, 2.24) is 9.88 Å². The van der Waals surface area contributed by atoms with Crippen LogP contribution in [-0.4, -0.2) is 35.1 Å². The van der Waals surface area contributed by atoms with Gasteiger partial charge in [0.05, 0.1) is 0 Å². The summed E-state index contributed by atoms with van der Waals surface area (Å²) in [7, 11) is 2.24. The number of rotatable bonds is 1. The van der Waals surface area contributed by atoms with Crippen LogP contribution in [0.2, 0.25) is 0 Å². The van der Waals surface area contributed by atoms with Gasteiger partial charge in [0.15, 0.2) is 0 Å². The molecule has 3 aromatic rings. The third-order valence-corrected chi connectivity index (χ3v) is 6.86. The second kappa shape index (κ2) is 5.62. The summed E-state index contributed by atoms with van der Waals surface area (Å²) in [6.07, 6.45) is 3.29. The van der Waals surface area contributed by atoms with E-state index in [1.807, 2.05) is 12.1 Å². The van der Waals surface area contributed by atoms with E-state index >= 15 is 0 Å². The fraction of sp³-hybridized carbons (Fsp3) is 0.391. The zero-order chi connectivity index (χ0) is 17.9. The first-order chi connectivity index (χ1) is 12.6. The van der Waals surface area contributed by atoms with E-state index in [0.29, 0.717) is 11.7 Å². The summed E-state index contributed by atoms with van der Waals surface area (Å²) in [6, 6.07) is 14.6. The number of aryl methyl sites for hydroxylation is 1. The molecule has 1 saturated heterocycles. The number of likely N-dealkylation sites (tertiary alicyclic amines) is 1. The summed E-state index contributed by atoms with van der Waals surface area (Å²) in [5.41, 5.74) is 6.96. The molecule has 0 radical (unpaired) electrons. The van der Waals surface area contributed by atoms with E-state index in [-0.39, 0.29) is 5.41 Å². The van der Waals surface area contributed by atoms with Crippen LogP contribution in [0.3, 0.4) is 0 Å². The number of aromatic amines is 1. The highest BCUT2D eigenvalue weighted by atomic mass is 16.3. The van der Waals surface area contributed by atoms with Crippen LogP contribution >= 0.6 is 0 Å². The summed E-state index contributed by atoms with van der Waals surface area (Å²) >= 11 is 0. The van der Waals surface area contributed by atoms with Crippen molar-refractivity contribution in [3.63, 3.8) is 0 Å². The first-order valence-corrected chi connectivity index (χ1v) is 9.64. The molecule has 3 nitrogen and oxygen atoms in total. The quantitative estimate of drug-likeness (QED) is 0.694. The van der Waals surface area contributed by atoms with Gasteiger partial charge in [-0.3, -0.25) is 0 Å². The molecule has 2 heterocycles. The van der Waals surface area contributed by atoms with Crippen molar-refractivity contribution >= 4 is 10.9 Å². The van der Waals surface area contributed by atoms with Crippen LogP contribution in [0.1, 0.15) is 28.8 Å². The molecule has 2 unspecified atom stereocenters. The zero-order valence-electron chi connectivity index (χ0n) is 15.5. The highest BCUT2D eigenvalue weighted by Crippen LogP contribution is 2.49. The maximum Gasteiger partial charge on any atom is 0.115 e. The van der Waals surface area contributed by atoms with Gasteiger partial charge >= 0.3 is 0 Å². The lowest BCUT2D eigenvalue weighted by Crippen LogP contribution is -2.52. The summed E-state index contributed by atoms with van der Waals surface area (Å²) < 4.78 is 0. The molecule has 1 fully saturated rings. The number of aromatic nitrogens is 1. The molecule has 2 aromatic carbocycles. The van der Waals surface area contributed by atoms with E-state index in [0.717, 1.165) is 32.4 Å². The predicted octanol–water partition coefficient (Wildman–Crippen LogP) is 4.17. The van der Waals surface area contributed by atoms with Gasteiger partial charge in [0, 0.05) is 28.6 Å². The summed E-state index contributed by atoms with van der Waals surface area (Å²) in [5, 5.41) is 11.5. The number of hydrogen-bond donors (Lipinski definition) is 2. The Balaban J connectivity index is 1.69. The number of hydrogen-bond acceptors (Lipinski definition) is 2. The molecule has 2 atom stereocenters. The lowest BCUT2D eigenvalue weighted by molar-refractivity contribution is 0.0994. The van der Waals surface area contributed by atoms with Gasteiger partial charge in [-0.05, 0) is 74.5 Å². The van der Waals surface area contributed by atoms with E-state index < -0.39 is 0 Å². The summed E-state index contributed by atoms with van der Waals surface area (Å²) in [4.78, 5) is 6.23. The standard InChI is InChI=1S/C23H26N2O/c1-15-5-3-8-19-20-12-17-14-25(2)10-9-23(17,13-21(20)24-22(15)19)16-6-4-7-18(26)11-16/h3-8,11,17,24,26H,9-10,12-14H2,1-2H3. The molecule has 1 aliphatic heterocycles. The smallest absolute Gasteiger partial charge is 0.115 e. The number of nitrogens with zero attached hydrogens (tertiary/aromatic N) is 1. The number of piperidine rings is 1. The maximum atomic E-state index is 10.1. The Morgan fingerprint density at radius 1 is 1.19 bits per heavy atom. The Labute approximate surface area is 154 Å². The van der Waals surface area contributed by atoms with Crippen molar-refractivity contribution in [2.75, 3.05) is 20.1 Å². The molecular formula is C23H26N2O. The van der Waals surface area contributed by atoms with Crippen molar-refractivity contribution in [3.8, 4) is 5.75 Å². The average Bonchev–Trinajstić information content (AvgIpc) is 2.99. The molecule has 1 aromatic heterocycles. The van der Waals surface area contributed by atoms with Crippen LogP contribution in [0.5, 0.6) is 5.75 Å². The molecule has 134 valence electrons. The second-order valence-corrected chi connectivity index (χ2v) is 8.38. The molecule has 2 aliphatic rings. The molecule has 0 bridgehead atoms. The zero-order valence-corrected chi connectivity index (χ0v) is 15.5. The number of fused-ring (bicyclic) bond motifs is 4. The van der Waals surface area contributed by atoms with E-state index in [9.17, 15) is 5.11 Å². The van der Waals surface area contributed by atoms with Gasteiger partial charge in [-0.1, -0.05) is 30.3 Å². The number of benzene rings is 2. The summed E-state index contributed by atoms with van der Waals surface area (Å²) in [6.45, 7) is 4.42. The van der Waals surface area contributed by atoms with Crippen molar-refractivity contribution in [3.05, 3.63) is 64.8 Å². The largest absolute Gasteiger partial charge is 0.508 e. The second-order valence-electron chi connectivity index (χ2n) is 8.38. The van der Waals surface area contributed by atoms with Crippen molar-refractivity contribution < 1.29 is 5.11 Å². The Kier molecular flexibility index (Phi) is 3.45. The normalized spacial score (nSPS) is 25.8. The molecular weight excluding hydrogens is 320 g/mol. The van der Waals surface area contributed by atoms with Crippen molar-refractivity contribution in [2.24, 2.45) is 5.92 Å².